The van der Waals surface area contributed by atoms with Crippen LogP contribution in [0.3, 0.4) is 0 Å². The van der Waals surface area contributed by atoms with Gasteiger partial charge in [0.15, 0.2) is 0 Å². The summed E-state index contributed by atoms with van der Waals surface area (Å²) in [6.07, 6.45) is 0.490. The fourth-order valence-corrected chi connectivity index (χ4v) is 5.90. The lowest BCUT2D eigenvalue weighted by atomic mass is 10.0. The van der Waals surface area contributed by atoms with Crippen LogP contribution in [-0.4, -0.2) is 39.2 Å². The first-order valence-corrected chi connectivity index (χ1v) is 14.0. The predicted molar refractivity (Wildman–Crippen MR) is 158 cm³/mol. The van der Waals surface area contributed by atoms with Gasteiger partial charge < -0.3 is 20.8 Å². The third-order valence-electron chi connectivity index (χ3n) is 6.00. The maximum Gasteiger partial charge on any atom is 0.336 e. The molecule has 0 radical (unpaired) electrons. The van der Waals surface area contributed by atoms with Gasteiger partial charge in [0.1, 0.15) is 11.1 Å². The first-order chi connectivity index (χ1) is 19.7. The highest BCUT2D eigenvalue weighted by atomic mass is 32.2. The van der Waals surface area contributed by atoms with Gasteiger partial charge >= 0.3 is 11.9 Å². The number of benzene rings is 3. The number of amides is 2. The summed E-state index contributed by atoms with van der Waals surface area (Å²) in [7, 11) is 0. The highest BCUT2D eigenvalue weighted by Gasteiger charge is 2.23. The standard InChI is InChI=1S/C30H23N3O6S2/c1-2-25(27(35)33-28-23(15-31)24(16-40-28)17-7-4-3-5-8-17)41-20-10-6-9-19(14-20)32-26(34)21-12-11-18(29(36)37)13-22(21)30(38)39/h3-14,16,25H,2H2,1H3,(H,32,34)(H,33,35)(H,36,37)(H,38,39). The van der Waals surface area contributed by atoms with Gasteiger partial charge in [-0.15, -0.1) is 23.1 Å². The zero-order valence-corrected chi connectivity index (χ0v) is 23.2. The van der Waals surface area contributed by atoms with Crippen LogP contribution in [0.5, 0.6) is 0 Å². The highest BCUT2D eigenvalue weighted by molar-refractivity contribution is 8.00. The molecule has 0 aliphatic rings. The summed E-state index contributed by atoms with van der Waals surface area (Å²) in [4.78, 5) is 49.6. The largest absolute Gasteiger partial charge is 0.478 e. The van der Waals surface area contributed by atoms with Gasteiger partial charge in [0.05, 0.1) is 27.5 Å². The number of hydrogen-bond donors (Lipinski definition) is 4. The van der Waals surface area contributed by atoms with Crippen molar-refractivity contribution in [1.29, 1.82) is 5.26 Å². The topological polar surface area (TPSA) is 157 Å². The number of carboxylic acids is 2. The molecule has 0 saturated carbocycles. The molecule has 0 saturated heterocycles. The maximum absolute atomic E-state index is 13.2. The number of thiophene rings is 1. The highest BCUT2D eigenvalue weighted by Crippen LogP contribution is 2.36. The minimum absolute atomic E-state index is 0.189. The number of nitrogens with one attached hydrogen (secondary N) is 2. The fraction of sp³-hybridized carbons (Fsp3) is 0.100. The second kappa shape index (κ2) is 13.0. The van der Waals surface area contributed by atoms with Crippen molar-refractivity contribution < 1.29 is 29.4 Å². The molecule has 4 aromatic rings. The number of carbonyl (C=O) groups is 4. The molecule has 41 heavy (non-hydrogen) atoms. The molecule has 1 atom stereocenters. The van der Waals surface area contributed by atoms with Gasteiger partial charge in [0, 0.05) is 21.5 Å². The molecular formula is C30H23N3O6S2. The van der Waals surface area contributed by atoms with E-state index in [1.807, 2.05) is 42.6 Å². The quantitative estimate of drug-likeness (QED) is 0.155. The van der Waals surface area contributed by atoms with Crippen LogP contribution in [0.1, 0.15) is 50.0 Å². The first kappa shape index (κ1) is 29.1. The average Bonchev–Trinajstić information content (AvgIpc) is 3.38. The van der Waals surface area contributed by atoms with Gasteiger partial charge in [-0.3, -0.25) is 9.59 Å². The van der Waals surface area contributed by atoms with Gasteiger partial charge in [-0.2, -0.15) is 5.26 Å². The van der Waals surface area contributed by atoms with Crippen molar-refractivity contribution in [3.63, 3.8) is 0 Å². The number of carboxylic acid groups (broad SMARTS) is 2. The van der Waals surface area contributed by atoms with E-state index >= 15 is 0 Å². The van der Waals surface area contributed by atoms with Crippen molar-refractivity contribution in [2.75, 3.05) is 10.6 Å². The van der Waals surface area contributed by atoms with Crippen LogP contribution in [0.15, 0.2) is 83.1 Å². The Morgan fingerprint density at radius 1 is 0.927 bits per heavy atom. The van der Waals surface area contributed by atoms with E-state index in [2.05, 4.69) is 16.7 Å². The Morgan fingerprint density at radius 2 is 1.68 bits per heavy atom. The van der Waals surface area contributed by atoms with E-state index in [0.29, 0.717) is 27.6 Å². The summed E-state index contributed by atoms with van der Waals surface area (Å²) in [5, 5.41) is 35.7. The molecule has 206 valence electrons. The van der Waals surface area contributed by atoms with E-state index in [-0.39, 0.29) is 17.0 Å². The summed E-state index contributed by atoms with van der Waals surface area (Å²) < 4.78 is 0. The van der Waals surface area contributed by atoms with Crippen molar-refractivity contribution in [3.8, 4) is 17.2 Å². The zero-order valence-electron chi connectivity index (χ0n) is 21.6. The molecule has 1 heterocycles. The van der Waals surface area contributed by atoms with Crippen LogP contribution in [0.25, 0.3) is 11.1 Å². The second-order valence-corrected chi connectivity index (χ2v) is 10.8. The van der Waals surface area contributed by atoms with Crippen molar-refractivity contribution in [3.05, 3.63) is 100 Å². The Balaban J connectivity index is 1.48. The van der Waals surface area contributed by atoms with Gasteiger partial charge in [-0.25, -0.2) is 9.59 Å². The molecule has 11 heteroatoms. The number of hydrogen-bond acceptors (Lipinski definition) is 7. The molecule has 1 unspecified atom stereocenters. The molecule has 0 aliphatic carbocycles. The minimum atomic E-state index is -1.43. The van der Waals surface area contributed by atoms with E-state index in [1.54, 1.807) is 24.3 Å². The fourth-order valence-electron chi connectivity index (χ4n) is 3.97. The SMILES string of the molecule is CCC(Sc1cccc(NC(=O)c2ccc(C(=O)O)cc2C(=O)O)c1)C(=O)Nc1scc(-c2ccccc2)c1C#N. The number of aromatic carboxylic acids is 2. The van der Waals surface area contributed by atoms with Crippen LogP contribution >= 0.6 is 23.1 Å². The normalized spacial score (nSPS) is 11.2. The Hall–Kier alpha value is -4.92. The molecule has 1 aromatic heterocycles. The summed E-state index contributed by atoms with van der Waals surface area (Å²) >= 11 is 2.57. The molecule has 4 N–H and O–H groups in total. The number of anilines is 2. The number of nitriles is 1. The van der Waals surface area contributed by atoms with E-state index in [1.165, 1.54) is 23.1 Å². The monoisotopic (exact) mass is 585 g/mol. The molecular weight excluding hydrogens is 562 g/mol. The number of carbonyl (C=O) groups excluding carboxylic acids is 2. The van der Waals surface area contributed by atoms with E-state index in [9.17, 15) is 29.5 Å². The molecule has 0 aliphatic heterocycles. The van der Waals surface area contributed by atoms with E-state index < -0.39 is 28.7 Å². The molecule has 4 rings (SSSR count). The first-order valence-electron chi connectivity index (χ1n) is 12.3. The lowest BCUT2D eigenvalue weighted by molar-refractivity contribution is -0.115. The Morgan fingerprint density at radius 3 is 2.34 bits per heavy atom. The van der Waals surface area contributed by atoms with Gasteiger partial charge in [0.2, 0.25) is 5.91 Å². The predicted octanol–water partition coefficient (Wildman–Crippen LogP) is 6.44. The number of thioether (sulfide) groups is 1. The molecule has 0 spiro atoms. The van der Waals surface area contributed by atoms with Crippen molar-refractivity contribution in [2.45, 2.75) is 23.5 Å². The van der Waals surface area contributed by atoms with Crippen molar-refractivity contribution in [2.24, 2.45) is 0 Å². The molecule has 0 fully saturated rings. The van der Waals surface area contributed by atoms with Crippen LogP contribution in [-0.2, 0) is 4.79 Å². The zero-order chi connectivity index (χ0) is 29.5. The lowest BCUT2D eigenvalue weighted by Gasteiger charge is -2.15. The maximum atomic E-state index is 13.2. The number of nitrogens with zero attached hydrogens (tertiary/aromatic N) is 1. The summed E-state index contributed by atoms with van der Waals surface area (Å²) in [6, 6.07) is 21.6. The summed E-state index contributed by atoms with van der Waals surface area (Å²) in [5.74, 6) is -3.73. The smallest absolute Gasteiger partial charge is 0.336 e. The second-order valence-electron chi connectivity index (χ2n) is 8.69. The third-order valence-corrected chi connectivity index (χ3v) is 8.25. The van der Waals surface area contributed by atoms with Gasteiger partial charge in [0.25, 0.3) is 5.91 Å². The Labute approximate surface area is 243 Å². The van der Waals surface area contributed by atoms with Crippen molar-refractivity contribution in [1.82, 2.24) is 0 Å². The lowest BCUT2D eigenvalue weighted by Crippen LogP contribution is -2.24. The molecule has 9 nitrogen and oxygen atoms in total. The molecule has 2 amide bonds. The third kappa shape index (κ3) is 6.81. The van der Waals surface area contributed by atoms with Crippen LogP contribution in [0.4, 0.5) is 10.7 Å². The Bertz CT molecular complexity index is 1680. The van der Waals surface area contributed by atoms with E-state index in [0.717, 1.165) is 29.3 Å². The summed E-state index contributed by atoms with van der Waals surface area (Å²) in [6.45, 7) is 1.87. The minimum Gasteiger partial charge on any atom is -0.478 e. The average molecular weight is 586 g/mol. The van der Waals surface area contributed by atoms with Crippen molar-refractivity contribution >= 4 is 57.5 Å². The summed E-state index contributed by atoms with van der Waals surface area (Å²) in [5.41, 5.74) is 1.53. The van der Waals surface area contributed by atoms with Gasteiger partial charge in [-0.05, 0) is 48.4 Å². The van der Waals surface area contributed by atoms with Crippen LogP contribution < -0.4 is 10.6 Å². The van der Waals surface area contributed by atoms with Gasteiger partial charge in [-0.1, -0.05) is 43.3 Å². The number of rotatable bonds is 10. The van der Waals surface area contributed by atoms with Crippen LogP contribution in [0, 0.1) is 11.3 Å². The van der Waals surface area contributed by atoms with E-state index in [4.69, 9.17) is 5.11 Å². The van der Waals surface area contributed by atoms with Crippen LogP contribution in [0.2, 0.25) is 0 Å². The molecule has 0 bridgehead atoms. The Kier molecular flexibility index (Phi) is 9.19. The molecule has 3 aromatic carbocycles.